The molecule has 1 spiro atoms. The molecular weight excluding hydrogens is 550 g/mol. The molecule has 2 aliphatic carbocycles. The van der Waals surface area contributed by atoms with Gasteiger partial charge in [-0.15, -0.1) is 0 Å². The van der Waals surface area contributed by atoms with Crippen LogP contribution in [-0.4, -0.2) is 52.0 Å². The fourth-order valence-corrected chi connectivity index (χ4v) is 9.08. The van der Waals surface area contributed by atoms with Gasteiger partial charge in [0.25, 0.3) is 0 Å². The van der Waals surface area contributed by atoms with Crippen LogP contribution in [0.1, 0.15) is 82.8 Å². The first-order valence-corrected chi connectivity index (χ1v) is 15.5. The number of aromatic hydroxyl groups is 2. The van der Waals surface area contributed by atoms with Gasteiger partial charge in [0.2, 0.25) is 11.7 Å². The average molecular weight is 594 g/mol. The highest BCUT2D eigenvalue weighted by molar-refractivity contribution is 6.12. The van der Waals surface area contributed by atoms with Crippen molar-refractivity contribution in [1.29, 1.82) is 0 Å². The van der Waals surface area contributed by atoms with Crippen molar-refractivity contribution < 1.29 is 39.2 Å². The summed E-state index contributed by atoms with van der Waals surface area (Å²) in [5.41, 5.74) is 1.63. The molecule has 9 nitrogen and oxygen atoms in total. The van der Waals surface area contributed by atoms with Crippen LogP contribution in [0.15, 0.2) is 23.3 Å². The highest BCUT2D eigenvalue weighted by atomic mass is 16.5. The molecule has 43 heavy (non-hydrogen) atoms. The van der Waals surface area contributed by atoms with Crippen LogP contribution in [0.2, 0.25) is 0 Å². The first kappa shape index (κ1) is 29.9. The van der Waals surface area contributed by atoms with E-state index in [1.807, 2.05) is 19.1 Å². The molecule has 4 N–H and O–H groups in total. The first-order chi connectivity index (χ1) is 20.3. The topological polar surface area (TPSA) is 142 Å². The number of Topliss-reactive ketones (excluding diaryl/α,β-unsaturated/α-hetero) is 2. The van der Waals surface area contributed by atoms with Gasteiger partial charge in [0.15, 0.2) is 23.1 Å². The van der Waals surface area contributed by atoms with E-state index in [2.05, 4.69) is 33.0 Å². The van der Waals surface area contributed by atoms with Crippen molar-refractivity contribution in [1.82, 2.24) is 5.32 Å². The minimum atomic E-state index is -1.50. The van der Waals surface area contributed by atoms with Crippen molar-refractivity contribution >= 4 is 17.5 Å². The SMILES string of the molecule is COc1c(O)c(C)c2c(c1O)[C@@H]1O[C@H]2[C@H]2C(=O)[C@H](O)CCC(C)=C[C@H]3C=C(C)[C@@H](C)[C@H]4[C@H](CC(C)C)NC(=O)[C@@]34C(=O)[C@@H]21. The largest absolute Gasteiger partial charge is 0.504 e. The maximum atomic E-state index is 15.5. The second-order valence-electron chi connectivity index (χ2n) is 13.9. The van der Waals surface area contributed by atoms with Gasteiger partial charge in [-0.25, -0.2) is 0 Å². The number of aliphatic hydroxyl groups excluding tert-OH is 1. The summed E-state index contributed by atoms with van der Waals surface area (Å²) in [4.78, 5) is 44.0. The second kappa shape index (κ2) is 10.2. The molecule has 232 valence electrons. The third-order valence-electron chi connectivity index (χ3n) is 11.1. The number of aliphatic hydroxyl groups is 1. The summed E-state index contributed by atoms with van der Waals surface area (Å²) in [5, 5.41) is 36.5. The van der Waals surface area contributed by atoms with E-state index in [1.54, 1.807) is 6.92 Å². The molecule has 2 fully saturated rings. The van der Waals surface area contributed by atoms with E-state index in [9.17, 15) is 24.9 Å². The Morgan fingerprint density at radius 2 is 1.72 bits per heavy atom. The number of hydrogen-bond donors (Lipinski definition) is 4. The zero-order valence-corrected chi connectivity index (χ0v) is 25.9. The van der Waals surface area contributed by atoms with Crippen molar-refractivity contribution in [3.05, 3.63) is 40.0 Å². The molecule has 0 saturated carbocycles. The molecule has 3 aliphatic heterocycles. The second-order valence-corrected chi connectivity index (χ2v) is 13.9. The van der Waals surface area contributed by atoms with Gasteiger partial charge in [-0.05, 0) is 57.4 Å². The Morgan fingerprint density at radius 3 is 2.37 bits per heavy atom. The predicted octanol–water partition coefficient (Wildman–Crippen LogP) is 4.37. The lowest BCUT2D eigenvalue weighted by Crippen LogP contribution is -2.56. The summed E-state index contributed by atoms with van der Waals surface area (Å²) >= 11 is 0. The number of carbonyl (C=O) groups is 3. The van der Waals surface area contributed by atoms with Crippen LogP contribution >= 0.6 is 0 Å². The third-order valence-corrected chi connectivity index (χ3v) is 11.1. The summed E-state index contributed by atoms with van der Waals surface area (Å²) in [6.07, 6.45) is 1.95. The molecule has 0 aromatic heterocycles. The quantitative estimate of drug-likeness (QED) is 0.299. The molecule has 6 rings (SSSR count). The van der Waals surface area contributed by atoms with Gasteiger partial charge in [0.05, 0.1) is 31.2 Å². The van der Waals surface area contributed by atoms with Gasteiger partial charge in [-0.1, -0.05) is 44.1 Å². The third kappa shape index (κ3) is 3.93. The summed E-state index contributed by atoms with van der Waals surface area (Å²) < 4.78 is 11.7. The molecule has 10 atom stereocenters. The minimum absolute atomic E-state index is 0.0824. The van der Waals surface area contributed by atoms with E-state index < -0.39 is 47.3 Å². The number of nitrogens with one attached hydrogen (secondary N) is 1. The normalized spacial score (nSPS) is 38.4. The molecule has 5 aliphatic rings. The Bertz CT molecular complexity index is 1480. The fraction of sp³-hybridized carbons (Fsp3) is 0.618. The number of ketones is 2. The van der Waals surface area contributed by atoms with Crippen molar-refractivity contribution in [3.8, 4) is 17.2 Å². The molecule has 3 heterocycles. The monoisotopic (exact) mass is 593 g/mol. The van der Waals surface area contributed by atoms with Crippen LogP contribution in [0.4, 0.5) is 0 Å². The van der Waals surface area contributed by atoms with Crippen molar-refractivity contribution in [2.45, 2.75) is 85.2 Å². The number of allylic oxidation sites excluding steroid dienone is 4. The van der Waals surface area contributed by atoms with Crippen LogP contribution in [-0.2, 0) is 19.1 Å². The van der Waals surface area contributed by atoms with Crippen LogP contribution in [0, 0.1) is 47.8 Å². The molecule has 1 aromatic carbocycles. The first-order valence-electron chi connectivity index (χ1n) is 15.5. The summed E-state index contributed by atoms with van der Waals surface area (Å²) in [6, 6.07) is -0.240. The molecule has 1 amide bonds. The lowest BCUT2D eigenvalue weighted by molar-refractivity contribution is -0.152. The molecule has 1 aromatic rings. The summed E-state index contributed by atoms with van der Waals surface area (Å²) in [7, 11) is 1.33. The smallest absolute Gasteiger partial charge is 0.235 e. The predicted molar refractivity (Wildman–Crippen MR) is 157 cm³/mol. The maximum absolute atomic E-state index is 15.5. The van der Waals surface area contributed by atoms with E-state index in [0.29, 0.717) is 29.5 Å². The number of phenolic OH excluding ortho intramolecular Hbond substituents is 2. The van der Waals surface area contributed by atoms with E-state index in [-0.39, 0.29) is 59.2 Å². The lowest BCUT2D eigenvalue weighted by atomic mass is 9.51. The van der Waals surface area contributed by atoms with Crippen LogP contribution in [0.25, 0.3) is 0 Å². The number of ether oxygens (including phenoxy) is 2. The Kier molecular flexibility index (Phi) is 7.08. The van der Waals surface area contributed by atoms with E-state index in [4.69, 9.17) is 9.47 Å². The van der Waals surface area contributed by atoms with E-state index in [1.165, 1.54) is 7.11 Å². The summed E-state index contributed by atoms with van der Waals surface area (Å²) in [5.74, 6) is -4.92. The minimum Gasteiger partial charge on any atom is -0.504 e. The van der Waals surface area contributed by atoms with E-state index >= 15 is 4.79 Å². The summed E-state index contributed by atoms with van der Waals surface area (Å²) in [6.45, 7) is 11.9. The van der Waals surface area contributed by atoms with Gasteiger partial charge in [0.1, 0.15) is 11.5 Å². The Balaban J connectivity index is 1.62. The number of fused-ring (bicyclic) bond motifs is 8. The highest BCUT2D eigenvalue weighted by Gasteiger charge is 2.71. The van der Waals surface area contributed by atoms with Gasteiger partial charge in [-0.2, -0.15) is 0 Å². The molecule has 0 unspecified atom stereocenters. The Morgan fingerprint density at radius 1 is 1.05 bits per heavy atom. The van der Waals surface area contributed by atoms with Crippen LogP contribution in [0.5, 0.6) is 17.2 Å². The zero-order valence-electron chi connectivity index (χ0n) is 25.9. The maximum Gasteiger partial charge on any atom is 0.235 e. The van der Waals surface area contributed by atoms with Crippen LogP contribution < -0.4 is 10.1 Å². The van der Waals surface area contributed by atoms with Crippen molar-refractivity contribution in [3.63, 3.8) is 0 Å². The van der Waals surface area contributed by atoms with Crippen molar-refractivity contribution in [2.24, 2.45) is 40.9 Å². The van der Waals surface area contributed by atoms with Gasteiger partial charge >= 0.3 is 0 Å². The standard InChI is InChI=1S/C34H43NO8/c1-13(2)10-19-25-16(5)15(4)12-18-11-14(3)8-9-20(36)27(38)23-24(32(40)34(18,25)33(41)35-19)30-22-21(29(23)43-30)17(6)26(37)31(42-7)28(22)39/h11-13,16,18-20,23-25,29-30,36-37,39H,8-10H2,1-7H3,(H,35,41)/t16-,18+,19+,20-,23-,24+,25+,29-,30+,34+/m1/s1. The number of hydrogen-bond acceptors (Lipinski definition) is 8. The lowest BCUT2D eigenvalue weighted by Gasteiger charge is -2.47. The van der Waals surface area contributed by atoms with Gasteiger partial charge in [-0.3, -0.25) is 14.4 Å². The zero-order chi connectivity index (χ0) is 31.3. The molecule has 2 bridgehead atoms. The molecule has 2 saturated heterocycles. The number of phenols is 2. The van der Waals surface area contributed by atoms with Gasteiger partial charge in [0, 0.05) is 29.0 Å². The Hall–Kier alpha value is -3.17. The number of benzene rings is 1. The molecular formula is C34H43NO8. The Labute approximate surface area is 252 Å². The number of amides is 1. The van der Waals surface area contributed by atoms with Gasteiger partial charge < -0.3 is 30.1 Å². The van der Waals surface area contributed by atoms with E-state index in [0.717, 1.165) is 11.1 Å². The highest BCUT2D eigenvalue weighted by Crippen LogP contribution is 2.67. The average Bonchev–Trinajstić information content (AvgIpc) is 3.60. The van der Waals surface area contributed by atoms with Crippen molar-refractivity contribution in [2.75, 3.05) is 7.11 Å². The number of carbonyl (C=O) groups excluding carboxylic acids is 3. The number of methoxy groups -OCH3 is 1. The molecule has 9 heteroatoms. The van der Waals surface area contributed by atoms with Crippen LogP contribution in [0.3, 0.4) is 0 Å². The molecule has 0 radical (unpaired) electrons. The number of rotatable bonds is 3. The fourth-order valence-electron chi connectivity index (χ4n) is 9.08.